The molecule has 0 saturated carbocycles. The number of halogens is 24. The number of aromatic nitrogens is 1. The Morgan fingerprint density at radius 3 is 0.912 bits per heavy atom. The van der Waals surface area contributed by atoms with Crippen LogP contribution in [-0.4, -0.2) is 25.0 Å². The topological polar surface area (TPSA) is 47.3 Å². The lowest BCUT2D eigenvalue weighted by atomic mass is 9.12. The van der Waals surface area contributed by atoms with Crippen LogP contribution >= 0.6 is 0 Å². The molecule has 0 radical (unpaired) electrons. The van der Waals surface area contributed by atoms with Gasteiger partial charge in [-0.15, -0.1) is 0 Å². The number of benzene rings is 6. The van der Waals surface area contributed by atoms with E-state index in [1.165, 1.54) is 7.11 Å². The molecule has 6 aromatic carbocycles. The highest BCUT2D eigenvalue weighted by Gasteiger charge is 2.47. The normalized spacial score (nSPS) is 13.2. The second kappa shape index (κ2) is 21.4. The smallest absolute Gasteiger partial charge is 0.416 e. The van der Waals surface area contributed by atoms with Crippen molar-refractivity contribution < 1.29 is 124 Å². The summed E-state index contributed by atoms with van der Waals surface area (Å²) in [5.41, 5.74) is -28.2. The molecule has 0 unspecified atom stereocenters. The number of hydrogen-bond donors (Lipinski definition) is 0. The highest BCUT2D eigenvalue weighted by Crippen LogP contribution is 2.41. The molecule has 80 heavy (non-hydrogen) atoms. The maximum absolute atomic E-state index is 14.2. The van der Waals surface area contributed by atoms with Crippen LogP contribution in [0, 0.1) is 0 Å². The van der Waals surface area contributed by atoms with Gasteiger partial charge in [-0.25, -0.2) is 4.79 Å². The summed E-state index contributed by atoms with van der Waals surface area (Å²) in [5, 5.41) is 1.09. The number of hydrogen-bond acceptors (Lipinski definition) is 3. The molecule has 7 rings (SSSR count). The number of fused-ring (bicyclic) bond motifs is 1. The molecule has 0 amide bonds. The fraction of sp³-hybridized carbons (Fsp3) is 0.196. The average Bonchev–Trinajstić information content (AvgIpc) is 3.34. The van der Waals surface area contributed by atoms with Crippen molar-refractivity contribution in [3.63, 3.8) is 0 Å². The molecular formula is C51H28BF24NO3. The first-order valence-corrected chi connectivity index (χ1v) is 21.9. The van der Waals surface area contributed by atoms with Gasteiger partial charge in [0.15, 0.2) is 6.20 Å². The molecule has 1 aromatic heterocycles. The molecule has 426 valence electrons. The minimum absolute atomic E-state index is 0.0113. The lowest BCUT2D eigenvalue weighted by Gasteiger charge is -2.46. The van der Waals surface area contributed by atoms with Crippen molar-refractivity contribution in [1.82, 2.24) is 0 Å². The summed E-state index contributed by atoms with van der Waals surface area (Å²) in [4.78, 5) is 23.9. The molecule has 4 nitrogen and oxygen atoms in total. The van der Waals surface area contributed by atoms with Gasteiger partial charge in [0.05, 0.1) is 57.2 Å². The number of ketones is 1. The number of Topliss-reactive ketones (excluding diaryl/α,β-unsaturated/α-hetero) is 1. The summed E-state index contributed by atoms with van der Waals surface area (Å²) in [6.07, 6.45) is -52.9. The summed E-state index contributed by atoms with van der Waals surface area (Å²) in [6, 6.07) is 9.58. The zero-order valence-corrected chi connectivity index (χ0v) is 39.3. The number of carbonyl (C=O) groups excluding carboxylic acids is 2. The van der Waals surface area contributed by atoms with Gasteiger partial charge in [-0.05, 0) is 48.5 Å². The number of ether oxygens (including phenoxy) is 1. The molecule has 0 saturated heterocycles. The lowest BCUT2D eigenvalue weighted by molar-refractivity contribution is -0.657. The number of esters is 1. The number of carbonyl (C=O) groups is 2. The molecular weight excluding hydrogens is 1140 g/mol. The van der Waals surface area contributed by atoms with Crippen LogP contribution in [0.3, 0.4) is 0 Å². The van der Waals surface area contributed by atoms with Gasteiger partial charge in [0.2, 0.25) is 17.8 Å². The third-order valence-corrected chi connectivity index (χ3v) is 12.2. The quantitative estimate of drug-likeness (QED) is 0.0501. The molecule has 0 aliphatic carbocycles. The van der Waals surface area contributed by atoms with E-state index in [0.29, 0.717) is 11.1 Å². The Morgan fingerprint density at radius 2 is 0.637 bits per heavy atom. The predicted octanol–water partition coefficient (Wildman–Crippen LogP) is 14.0. The number of nitrogens with zero attached hydrogens (tertiary/aromatic N) is 1. The Labute approximate surface area is 432 Å². The first-order chi connectivity index (χ1) is 36.4. The fourth-order valence-electron chi connectivity index (χ4n) is 8.59. The molecule has 29 heteroatoms. The van der Waals surface area contributed by atoms with Gasteiger partial charge >= 0.3 is 55.4 Å². The van der Waals surface area contributed by atoms with Crippen LogP contribution in [0.25, 0.3) is 10.9 Å². The minimum atomic E-state index is -6.13. The molecule has 0 spiro atoms. The summed E-state index contributed by atoms with van der Waals surface area (Å²) in [7, 11) is 1.33. The molecule has 0 aliphatic heterocycles. The lowest BCUT2D eigenvalue weighted by Crippen LogP contribution is -2.75. The molecule has 1 heterocycles. The highest BCUT2D eigenvalue weighted by atomic mass is 19.4. The van der Waals surface area contributed by atoms with Gasteiger partial charge in [0.25, 0.3) is 0 Å². The zero-order chi connectivity index (χ0) is 60.1. The number of alkyl halides is 24. The fourth-order valence-corrected chi connectivity index (χ4v) is 8.59. The summed E-state index contributed by atoms with van der Waals surface area (Å²) >= 11 is 0. The molecule has 0 N–H and O–H groups in total. The van der Waals surface area contributed by atoms with E-state index >= 15 is 0 Å². The maximum Gasteiger partial charge on any atom is 0.416 e. The molecule has 7 aromatic rings. The van der Waals surface area contributed by atoms with Crippen LogP contribution in [0.5, 0.6) is 0 Å². The SMILES string of the molecule is COC(=O)c1ccc(C(=O)C[n+]2cccc3ccccc32)cc1.FC(F)(F)c1cc([B-](c2cc(C(F)(F)F)cc(C(F)(F)F)c2)(c2cc(C(F)(F)F)cc(C(F)(F)F)c2)c2cc(C(F)(F)F)cc(C(F)(F)F)c2)cc(C(F)(F)F)c1. The second-order valence-electron chi connectivity index (χ2n) is 17.4. The number of rotatable bonds is 8. The minimum Gasteiger partial charge on any atom is -0.465 e. The van der Waals surface area contributed by atoms with Crippen LogP contribution in [0.2, 0.25) is 0 Å². The van der Waals surface area contributed by atoms with Crippen molar-refractivity contribution >= 4 is 50.7 Å². The van der Waals surface area contributed by atoms with Crippen LogP contribution in [0.4, 0.5) is 105 Å². The summed E-state index contributed by atoms with van der Waals surface area (Å²) < 4.78 is 347. The average molecular weight is 1170 g/mol. The van der Waals surface area contributed by atoms with Gasteiger partial charge in [0, 0.05) is 23.1 Å². The zero-order valence-electron chi connectivity index (χ0n) is 39.3. The van der Waals surface area contributed by atoms with E-state index in [2.05, 4.69) is 4.74 Å². The van der Waals surface area contributed by atoms with Crippen LogP contribution in [0.15, 0.2) is 140 Å². The van der Waals surface area contributed by atoms with Gasteiger partial charge in [-0.3, -0.25) is 4.79 Å². The largest absolute Gasteiger partial charge is 0.465 e. The van der Waals surface area contributed by atoms with Gasteiger partial charge in [-0.1, -0.05) is 72.8 Å². The first kappa shape index (κ1) is 61.5. The van der Waals surface area contributed by atoms with Gasteiger partial charge < -0.3 is 4.74 Å². The molecule has 0 fully saturated rings. The van der Waals surface area contributed by atoms with Crippen molar-refractivity contribution in [2.45, 2.75) is 56.0 Å². The second-order valence-corrected chi connectivity index (χ2v) is 17.4. The van der Waals surface area contributed by atoms with Crippen molar-refractivity contribution in [2.24, 2.45) is 0 Å². The summed E-state index contributed by atoms with van der Waals surface area (Å²) in [6.45, 7) is 0.249. The van der Waals surface area contributed by atoms with Crippen molar-refractivity contribution in [3.05, 3.63) is 195 Å². The molecule has 0 bridgehead atoms. The Bertz CT molecular complexity index is 3000. The van der Waals surface area contributed by atoms with E-state index in [1.54, 1.807) is 24.3 Å². The Morgan fingerprint density at radius 1 is 0.375 bits per heavy atom. The van der Waals surface area contributed by atoms with E-state index < -0.39 is 201 Å². The molecule has 0 aliphatic rings. The van der Waals surface area contributed by atoms with Crippen molar-refractivity contribution in [2.75, 3.05) is 7.11 Å². The van der Waals surface area contributed by atoms with E-state index in [9.17, 15) is 115 Å². The van der Waals surface area contributed by atoms with Gasteiger partial charge in [0.1, 0.15) is 6.15 Å². The van der Waals surface area contributed by atoms with Crippen molar-refractivity contribution in [3.8, 4) is 0 Å². The number of para-hydroxylation sites is 1. The third kappa shape index (κ3) is 13.6. The van der Waals surface area contributed by atoms with Crippen molar-refractivity contribution in [1.29, 1.82) is 0 Å². The van der Waals surface area contributed by atoms with E-state index in [1.807, 2.05) is 47.2 Å². The number of pyridine rings is 1. The van der Waals surface area contributed by atoms with Crippen LogP contribution < -0.4 is 26.4 Å². The predicted molar refractivity (Wildman–Crippen MR) is 236 cm³/mol. The summed E-state index contributed by atoms with van der Waals surface area (Å²) in [5.74, 6) is -0.421. The Balaban J connectivity index is 0.000000370. The van der Waals surface area contributed by atoms with Crippen LogP contribution in [-0.2, 0) is 60.7 Å². The van der Waals surface area contributed by atoms with E-state index in [0.717, 1.165) is 10.9 Å². The monoisotopic (exact) mass is 1170 g/mol. The van der Waals surface area contributed by atoms with E-state index in [-0.39, 0.29) is 12.3 Å². The maximum atomic E-state index is 14.2. The first-order valence-electron chi connectivity index (χ1n) is 21.9. The molecule has 0 atom stereocenters. The van der Waals surface area contributed by atoms with Gasteiger partial charge in [-0.2, -0.15) is 132 Å². The highest BCUT2D eigenvalue weighted by molar-refractivity contribution is 7.20. The van der Waals surface area contributed by atoms with E-state index in [4.69, 9.17) is 0 Å². The standard InChI is InChI=1S/C32H12BF24.C19H16NO3/c34-25(35,36)13-1-14(26(37,38)39)6-21(5-13)33(22-7-15(27(40,41)42)2-16(8-22)28(43,44)45,23-9-17(29(46,47)48)3-18(10-23)30(49,50)51)24-11-19(31(52,53)54)4-20(12-24)32(55,56)57;1-23-19(22)16-10-8-15(9-11-16)18(21)13-20-12-4-6-14-5-2-3-7-17(14)20/h1-12H;2-12H,13H2,1H3/q-1;+1. The number of methoxy groups -OCH3 is 1. The Hall–Kier alpha value is -7.75. The van der Waals surface area contributed by atoms with Crippen LogP contribution in [0.1, 0.15) is 65.2 Å². The third-order valence-electron chi connectivity index (χ3n) is 12.2. The Kier molecular flexibility index (Phi) is 16.4.